The van der Waals surface area contributed by atoms with Crippen molar-refractivity contribution in [3.8, 4) is 0 Å². The molecule has 0 spiro atoms. The van der Waals surface area contributed by atoms with Gasteiger partial charge in [0.05, 0.1) is 6.54 Å². The highest BCUT2D eigenvalue weighted by Gasteiger charge is 2.20. The highest BCUT2D eigenvalue weighted by atomic mass is 16.1. The molecule has 0 radical (unpaired) electrons. The highest BCUT2D eigenvalue weighted by molar-refractivity contribution is 5.77. The van der Waals surface area contributed by atoms with Crippen molar-refractivity contribution >= 4 is 5.91 Å². The average Bonchev–Trinajstić information content (AvgIpc) is 2.68. The van der Waals surface area contributed by atoms with Crippen molar-refractivity contribution < 1.29 is 4.79 Å². The van der Waals surface area contributed by atoms with Gasteiger partial charge in [-0.15, -0.1) is 0 Å². The van der Waals surface area contributed by atoms with Gasteiger partial charge in [0.25, 0.3) is 0 Å². The Morgan fingerprint density at radius 3 is 2.47 bits per heavy atom. The van der Waals surface area contributed by atoms with Crippen molar-refractivity contribution in [2.45, 2.75) is 12.8 Å². The molecule has 0 atom stereocenters. The van der Waals surface area contributed by atoms with E-state index in [1.165, 1.54) is 11.1 Å². The summed E-state index contributed by atoms with van der Waals surface area (Å²) in [6, 6.07) is 8.47. The molecule has 0 aliphatic heterocycles. The number of carbonyl (C=O) groups excluding carboxylic acids is 1. The zero-order valence-corrected chi connectivity index (χ0v) is 8.70. The number of benzene rings is 1. The fraction of sp³-hybridized carbons (Fsp3) is 0.417. The number of carbonyl (C=O) groups is 1. The summed E-state index contributed by atoms with van der Waals surface area (Å²) in [5.74, 6) is 0.476. The molecule has 2 rings (SSSR count). The van der Waals surface area contributed by atoms with Gasteiger partial charge in [0.15, 0.2) is 0 Å². The molecule has 0 heterocycles. The maximum absolute atomic E-state index is 11.0. The van der Waals surface area contributed by atoms with Gasteiger partial charge < -0.3 is 11.1 Å². The Labute approximate surface area is 89.7 Å². The number of fused-ring (bicyclic) bond motifs is 1. The largest absolute Gasteiger partial charge is 0.355 e. The van der Waals surface area contributed by atoms with Gasteiger partial charge >= 0.3 is 0 Å². The van der Waals surface area contributed by atoms with Crippen LogP contribution in [0.1, 0.15) is 11.1 Å². The van der Waals surface area contributed by atoms with E-state index in [1.807, 2.05) is 0 Å². The van der Waals surface area contributed by atoms with Gasteiger partial charge in [-0.2, -0.15) is 0 Å². The normalized spacial score (nSPS) is 15.0. The van der Waals surface area contributed by atoms with Crippen LogP contribution in [-0.2, 0) is 17.6 Å². The summed E-state index contributed by atoms with van der Waals surface area (Å²) in [6.45, 7) is 0.824. The predicted molar refractivity (Wildman–Crippen MR) is 59.4 cm³/mol. The van der Waals surface area contributed by atoms with Crippen molar-refractivity contribution in [1.29, 1.82) is 0 Å². The maximum atomic E-state index is 11.0. The van der Waals surface area contributed by atoms with E-state index in [4.69, 9.17) is 5.73 Å². The summed E-state index contributed by atoms with van der Waals surface area (Å²) < 4.78 is 0. The van der Waals surface area contributed by atoms with Crippen LogP contribution in [0.4, 0.5) is 0 Å². The second-order valence-electron chi connectivity index (χ2n) is 4.05. The highest BCUT2D eigenvalue weighted by Crippen LogP contribution is 2.25. The summed E-state index contributed by atoms with van der Waals surface area (Å²) in [5, 5.41) is 2.85. The SMILES string of the molecule is NCC(=O)NCC1Cc2ccccc2C1. The fourth-order valence-corrected chi connectivity index (χ4v) is 2.12. The average molecular weight is 204 g/mol. The van der Waals surface area contributed by atoms with Gasteiger partial charge in [-0.3, -0.25) is 4.79 Å². The minimum atomic E-state index is -0.0639. The first-order valence-electron chi connectivity index (χ1n) is 5.33. The molecule has 3 N–H and O–H groups in total. The van der Waals surface area contributed by atoms with Crippen LogP contribution in [0.15, 0.2) is 24.3 Å². The zero-order valence-electron chi connectivity index (χ0n) is 8.70. The molecule has 0 saturated heterocycles. The van der Waals surface area contributed by atoms with Crippen LogP contribution in [0.5, 0.6) is 0 Å². The van der Waals surface area contributed by atoms with Gasteiger partial charge in [0.1, 0.15) is 0 Å². The lowest BCUT2D eigenvalue weighted by Gasteiger charge is -2.09. The molecule has 0 bridgehead atoms. The summed E-state index contributed by atoms with van der Waals surface area (Å²) >= 11 is 0. The first-order valence-corrected chi connectivity index (χ1v) is 5.33. The predicted octanol–water partition coefficient (Wildman–Crippen LogP) is 0.476. The lowest BCUT2D eigenvalue weighted by molar-refractivity contribution is -0.119. The van der Waals surface area contributed by atoms with E-state index >= 15 is 0 Å². The van der Waals surface area contributed by atoms with Crippen LogP contribution in [0.2, 0.25) is 0 Å². The number of hydrogen-bond donors (Lipinski definition) is 2. The number of nitrogens with two attached hydrogens (primary N) is 1. The third-order valence-electron chi connectivity index (χ3n) is 2.91. The minimum Gasteiger partial charge on any atom is -0.355 e. The van der Waals surface area contributed by atoms with Crippen molar-refractivity contribution in [1.82, 2.24) is 5.32 Å². The molecule has 80 valence electrons. The molecular weight excluding hydrogens is 188 g/mol. The number of nitrogens with one attached hydrogen (secondary N) is 1. The monoisotopic (exact) mass is 204 g/mol. The van der Waals surface area contributed by atoms with Gasteiger partial charge in [0, 0.05) is 6.54 Å². The van der Waals surface area contributed by atoms with Crippen LogP contribution in [0.25, 0.3) is 0 Å². The molecule has 1 aromatic rings. The minimum absolute atomic E-state index is 0.0639. The van der Waals surface area contributed by atoms with E-state index < -0.39 is 0 Å². The van der Waals surface area contributed by atoms with Crippen LogP contribution >= 0.6 is 0 Å². The molecule has 1 aromatic carbocycles. The summed E-state index contributed by atoms with van der Waals surface area (Å²) in [7, 11) is 0. The molecule has 15 heavy (non-hydrogen) atoms. The van der Waals surface area contributed by atoms with Crippen molar-refractivity contribution in [3.63, 3.8) is 0 Å². The molecule has 1 amide bonds. The zero-order chi connectivity index (χ0) is 10.7. The lowest BCUT2D eigenvalue weighted by Crippen LogP contribution is -2.34. The lowest BCUT2D eigenvalue weighted by atomic mass is 10.1. The van der Waals surface area contributed by atoms with E-state index in [9.17, 15) is 4.79 Å². The Bertz CT molecular complexity index is 337. The third kappa shape index (κ3) is 2.36. The number of rotatable bonds is 3. The smallest absolute Gasteiger partial charge is 0.233 e. The second-order valence-corrected chi connectivity index (χ2v) is 4.05. The quantitative estimate of drug-likeness (QED) is 0.752. The Hall–Kier alpha value is -1.35. The summed E-state index contributed by atoms with van der Waals surface area (Å²) in [6.07, 6.45) is 2.14. The van der Waals surface area contributed by atoms with E-state index in [2.05, 4.69) is 29.6 Å². The first-order chi connectivity index (χ1) is 7.29. The third-order valence-corrected chi connectivity index (χ3v) is 2.91. The van der Waals surface area contributed by atoms with Crippen molar-refractivity contribution in [3.05, 3.63) is 35.4 Å². The van der Waals surface area contributed by atoms with E-state index in [0.29, 0.717) is 5.92 Å². The summed E-state index contributed by atoms with van der Waals surface area (Å²) in [5.41, 5.74) is 8.07. The molecule has 0 fully saturated rings. The van der Waals surface area contributed by atoms with E-state index in [0.717, 1.165) is 19.4 Å². The van der Waals surface area contributed by atoms with E-state index in [-0.39, 0.29) is 12.5 Å². The second kappa shape index (κ2) is 4.45. The van der Waals surface area contributed by atoms with Gasteiger partial charge in [-0.1, -0.05) is 24.3 Å². The molecule has 0 aromatic heterocycles. The van der Waals surface area contributed by atoms with Crippen LogP contribution in [0, 0.1) is 5.92 Å². The molecular formula is C12H16N2O. The number of hydrogen-bond acceptors (Lipinski definition) is 2. The standard InChI is InChI=1S/C12H16N2O/c13-7-12(15)14-8-9-5-10-3-1-2-4-11(10)6-9/h1-4,9H,5-8,13H2,(H,14,15). The Kier molecular flexibility index (Phi) is 3.02. The van der Waals surface area contributed by atoms with Crippen molar-refractivity contribution in [2.75, 3.05) is 13.1 Å². The Morgan fingerprint density at radius 2 is 1.93 bits per heavy atom. The van der Waals surface area contributed by atoms with Crippen molar-refractivity contribution in [2.24, 2.45) is 11.7 Å². The molecule has 0 saturated carbocycles. The maximum Gasteiger partial charge on any atom is 0.233 e. The molecule has 1 aliphatic rings. The fourth-order valence-electron chi connectivity index (χ4n) is 2.12. The molecule has 0 unspecified atom stereocenters. The number of amides is 1. The van der Waals surface area contributed by atoms with Crippen LogP contribution in [0.3, 0.4) is 0 Å². The Morgan fingerprint density at radius 1 is 1.33 bits per heavy atom. The topological polar surface area (TPSA) is 55.1 Å². The molecule has 3 heteroatoms. The van der Waals surface area contributed by atoms with Gasteiger partial charge in [-0.25, -0.2) is 0 Å². The Balaban J connectivity index is 1.88. The first kappa shape index (κ1) is 10.2. The van der Waals surface area contributed by atoms with Crippen LogP contribution in [-0.4, -0.2) is 19.0 Å². The van der Waals surface area contributed by atoms with Gasteiger partial charge in [0.2, 0.25) is 5.91 Å². The van der Waals surface area contributed by atoms with Crippen LogP contribution < -0.4 is 11.1 Å². The van der Waals surface area contributed by atoms with Gasteiger partial charge in [-0.05, 0) is 29.9 Å². The van der Waals surface area contributed by atoms with E-state index in [1.54, 1.807) is 0 Å². The summed E-state index contributed by atoms with van der Waals surface area (Å²) in [4.78, 5) is 11.0. The molecule has 1 aliphatic carbocycles. The molecule has 3 nitrogen and oxygen atoms in total.